The Morgan fingerprint density at radius 1 is 1.18 bits per heavy atom. The summed E-state index contributed by atoms with van der Waals surface area (Å²) in [6.07, 6.45) is 3.39. The number of rotatable bonds is 3. The van der Waals surface area contributed by atoms with Crippen LogP contribution < -0.4 is 5.32 Å². The van der Waals surface area contributed by atoms with E-state index in [0.29, 0.717) is 29.8 Å². The van der Waals surface area contributed by atoms with E-state index in [-0.39, 0.29) is 18.8 Å². The highest BCUT2D eigenvalue weighted by Gasteiger charge is 2.44. The molecule has 0 unspecified atom stereocenters. The van der Waals surface area contributed by atoms with Gasteiger partial charge in [0.2, 0.25) is 3.79 Å². The zero-order valence-electron chi connectivity index (χ0n) is 22.4. The molecule has 0 saturated heterocycles. The molecule has 9 nitrogen and oxygen atoms in total. The van der Waals surface area contributed by atoms with Crippen LogP contribution in [-0.4, -0.2) is 56.9 Å². The summed E-state index contributed by atoms with van der Waals surface area (Å²) in [7, 11) is 0. The fourth-order valence-corrected chi connectivity index (χ4v) is 4.75. The van der Waals surface area contributed by atoms with Gasteiger partial charge in [0, 0.05) is 36.3 Å². The fraction of sp³-hybridized carbons (Fsp3) is 0.577. The lowest BCUT2D eigenvalue weighted by atomic mass is 9.97. The Bertz CT molecular complexity index is 1100. The van der Waals surface area contributed by atoms with E-state index in [2.05, 4.69) is 10.3 Å². The molecule has 1 aliphatic rings. The zero-order valence-corrected chi connectivity index (χ0v) is 25.5. The van der Waals surface area contributed by atoms with E-state index in [9.17, 15) is 19.2 Å². The minimum atomic E-state index is -1.88. The number of nitrogens with zero attached hydrogens (tertiary/aromatic N) is 1. The topological polar surface area (TPSA) is 121 Å². The number of allylic oxidation sites excluding steroid dienone is 2. The molecule has 0 fully saturated rings. The maximum Gasteiger partial charge on any atom is 0.408 e. The second-order valence-corrected chi connectivity index (χ2v) is 13.2. The summed E-state index contributed by atoms with van der Waals surface area (Å²) in [5, 5.41) is 5.11. The highest BCUT2D eigenvalue weighted by molar-refractivity contribution is 7.09. The summed E-state index contributed by atoms with van der Waals surface area (Å²) in [6.45, 7) is 8.36. The Morgan fingerprint density at radius 2 is 1.87 bits per heavy atom. The number of fused-ring (bicyclic) bond motifs is 2. The van der Waals surface area contributed by atoms with Crippen molar-refractivity contribution in [2.45, 2.75) is 93.9 Å². The minimum absolute atomic E-state index is 0.124. The number of hydrogen-bond acceptors (Lipinski definition) is 9. The first kappa shape index (κ1) is 33.1. The number of aromatic nitrogens is 1. The predicted octanol–water partition coefficient (Wildman–Crippen LogP) is 5.76. The van der Waals surface area contributed by atoms with Crippen molar-refractivity contribution in [2.75, 3.05) is 0 Å². The molecule has 0 aliphatic carbocycles. The number of ether oxygens (including phenoxy) is 3. The second-order valence-electron chi connectivity index (χ2n) is 9.94. The van der Waals surface area contributed by atoms with Crippen molar-refractivity contribution < 1.29 is 33.4 Å². The quantitative estimate of drug-likeness (QED) is 0.195. The van der Waals surface area contributed by atoms with E-state index in [0.717, 1.165) is 5.57 Å². The average molecular weight is 624 g/mol. The summed E-state index contributed by atoms with van der Waals surface area (Å²) in [4.78, 5) is 53.7. The van der Waals surface area contributed by atoms with Gasteiger partial charge in [-0.1, -0.05) is 59.5 Å². The molecular formula is C26H33Cl3N2O7S. The molecule has 0 radical (unpaired) electrons. The van der Waals surface area contributed by atoms with Crippen LogP contribution in [0.4, 0.5) is 4.79 Å². The molecule has 2 bridgehead atoms. The van der Waals surface area contributed by atoms with Crippen molar-refractivity contribution in [3.63, 3.8) is 0 Å². The summed E-state index contributed by atoms with van der Waals surface area (Å²) < 4.78 is 14.3. The maximum atomic E-state index is 12.8. The highest BCUT2D eigenvalue weighted by Crippen LogP contribution is 2.40. The lowest BCUT2D eigenvalue weighted by Crippen LogP contribution is -2.47. The van der Waals surface area contributed by atoms with Gasteiger partial charge in [-0.15, -0.1) is 11.3 Å². The van der Waals surface area contributed by atoms with Crippen molar-refractivity contribution in [3.05, 3.63) is 39.9 Å². The largest absolute Gasteiger partial charge is 0.462 e. The molecule has 39 heavy (non-hydrogen) atoms. The Balaban J connectivity index is 2.30. The first-order valence-corrected chi connectivity index (χ1v) is 14.3. The molecule has 0 spiro atoms. The molecule has 1 aromatic rings. The average Bonchev–Trinajstić information content (AvgIpc) is 3.25. The molecule has 2 heterocycles. The number of alkyl carbamates (subject to hydrolysis) is 1. The number of nitrogens with one attached hydrogen (secondary N) is 1. The number of carbonyl (C=O) groups excluding carboxylic acids is 4. The van der Waals surface area contributed by atoms with Gasteiger partial charge in [0.1, 0.15) is 6.10 Å². The Labute approximate surface area is 247 Å². The molecule has 1 aliphatic heterocycles. The van der Waals surface area contributed by atoms with Crippen LogP contribution >= 0.6 is 46.1 Å². The number of aldehydes is 1. The van der Waals surface area contributed by atoms with Crippen LogP contribution in [0.25, 0.3) is 0 Å². The zero-order chi connectivity index (χ0) is 29.4. The van der Waals surface area contributed by atoms with Crippen LogP contribution in [-0.2, 0) is 35.0 Å². The number of halogens is 3. The third-order valence-corrected chi connectivity index (χ3v) is 8.08. The van der Waals surface area contributed by atoms with Crippen LogP contribution in [0, 0.1) is 0 Å². The van der Waals surface area contributed by atoms with Crippen molar-refractivity contribution in [1.82, 2.24) is 10.3 Å². The maximum absolute atomic E-state index is 12.8. The van der Waals surface area contributed by atoms with Gasteiger partial charge >= 0.3 is 18.0 Å². The monoisotopic (exact) mass is 622 g/mol. The lowest BCUT2D eigenvalue weighted by Gasteiger charge is -2.32. The lowest BCUT2D eigenvalue weighted by molar-refractivity contribution is -0.148. The van der Waals surface area contributed by atoms with E-state index < -0.39 is 45.7 Å². The third-order valence-electron chi connectivity index (χ3n) is 5.83. The number of amides is 1. The van der Waals surface area contributed by atoms with Gasteiger partial charge in [0.15, 0.2) is 18.0 Å². The summed E-state index contributed by atoms with van der Waals surface area (Å²) in [6, 6.07) is -0.686. The molecule has 0 saturated carbocycles. The normalized spacial score (nSPS) is 25.1. The van der Waals surface area contributed by atoms with E-state index in [1.807, 2.05) is 19.2 Å². The van der Waals surface area contributed by atoms with Crippen LogP contribution in [0.5, 0.6) is 0 Å². The summed E-state index contributed by atoms with van der Waals surface area (Å²) >= 11 is 19.1. The third kappa shape index (κ3) is 11.1. The van der Waals surface area contributed by atoms with Crippen molar-refractivity contribution in [3.8, 4) is 0 Å². The van der Waals surface area contributed by atoms with E-state index in [1.54, 1.807) is 13.0 Å². The van der Waals surface area contributed by atoms with Gasteiger partial charge in [-0.05, 0) is 34.1 Å². The van der Waals surface area contributed by atoms with Gasteiger partial charge in [-0.2, -0.15) is 0 Å². The smallest absolute Gasteiger partial charge is 0.408 e. The fourth-order valence-electron chi connectivity index (χ4n) is 3.68. The van der Waals surface area contributed by atoms with E-state index in [4.69, 9.17) is 49.0 Å². The molecule has 13 heteroatoms. The predicted molar refractivity (Wildman–Crippen MR) is 150 cm³/mol. The van der Waals surface area contributed by atoms with Crippen molar-refractivity contribution in [1.29, 1.82) is 0 Å². The number of hydrogen-bond donors (Lipinski definition) is 1. The second kappa shape index (κ2) is 14.5. The van der Waals surface area contributed by atoms with Gasteiger partial charge < -0.3 is 19.5 Å². The number of esters is 2. The Morgan fingerprint density at radius 3 is 2.51 bits per heavy atom. The van der Waals surface area contributed by atoms with Crippen molar-refractivity contribution >= 4 is 70.5 Å². The molecule has 1 aromatic heterocycles. The van der Waals surface area contributed by atoms with Gasteiger partial charge in [0.05, 0.1) is 17.1 Å². The number of alkyl halides is 3. The van der Waals surface area contributed by atoms with Gasteiger partial charge in [-0.3, -0.25) is 9.59 Å². The molecule has 0 aromatic carbocycles. The van der Waals surface area contributed by atoms with Crippen molar-refractivity contribution in [2.24, 2.45) is 0 Å². The van der Waals surface area contributed by atoms with Gasteiger partial charge in [0.25, 0.3) is 0 Å². The first-order chi connectivity index (χ1) is 18.1. The molecule has 2 rings (SSSR count). The Kier molecular flexibility index (Phi) is 12.3. The molecule has 4 atom stereocenters. The van der Waals surface area contributed by atoms with Crippen LogP contribution in [0.1, 0.15) is 70.5 Å². The van der Waals surface area contributed by atoms with E-state index in [1.165, 1.54) is 37.3 Å². The highest BCUT2D eigenvalue weighted by atomic mass is 35.6. The molecular weight excluding hydrogens is 591 g/mol. The molecule has 216 valence electrons. The Hall–Kier alpha value is -2.14. The minimum Gasteiger partial charge on any atom is -0.462 e. The first-order valence-electron chi connectivity index (χ1n) is 12.3. The number of carbonyl (C=O) groups is 4. The summed E-state index contributed by atoms with van der Waals surface area (Å²) in [5.74, 6) is -1.38. The van der Waals surface area contributed by atoms with E-state index >= 15 is 0 Å². The SMILES string of the molecule is CC1=C/C=C\C(=O)O[C@H](C=O)Cc2nc(cs2)[C@@H](C)C[C@@H](NC(=O)OC(C)(C)C(Cl)(Cl)Cl)CC(=O)O[C@@H](C)C1. The summed E-state index contributed by atoms with van der Waals surface area (Å²) in [5.41, 5.74) is 0.0873. The number of thiazole rings is 1. The number of cyclic esters (lactones) is 2. The molecule has 1 N–H and O–H groups in total. The van der Waals surface area contributed by atoms with Gasteiger partial charge in [-0.25, -0.2) is 14.6 Å². The molecule has 1 amide bonds. The standard InChI is InChI=1S/C26H33Cl3N2O7S/c1-15-7-6-8-22(33)37-19(13-32)12-21-31-20(14-39-21)16(2)10-18(11-23(34)36-17(3)9-15)30-24(35)38-25(4,5)26(27,28)29/h6-8,13-14,16-19H,9-12H2,1-5H3,(H,30,35)/b8-6-,15-7?/t16-,17-,18+,19-/m0/s1. The van der Waals surface area contributed by atoms with Crippen LogP contribution in [0.2, 0.25) is 0 Å². The van der Waals surface area contributed by atoms with Crippen LogP contribution in [0.3, 0.4) is 0 Å². The van der Waals surface area contributed by atoms with Crippen LogP contribution in [0.15, 0.2) is 29.2 Å².